The summed E-state index contributed by atoms with van der Waals surface area (Å²) in [7, 11) is 0. The van der Waals surface area contributed by atoms with E-state index < -0.39 is 4.20 Å². The third-order valence-corrected chi connectivity index (χ3v) is 3.63. The van der Waals surface area contributed by atoms with Crippen molar-refractivity contribution in [2.75, 3.05) is 0 Å². The molecule has 1 nitrogen and oxygen atoms in total. The minimum atomic E-state index is -0.680. The van der Waals surface area contributed by atoms with Gasteiger partial charge < -0.3 is 0 Å². The van der Waals surface area contributed by atoms with Crippen LogP contribution in [0.5, 0.6) is 0 Å². The van der Waals surface area contributed by atoms with Crippen LogP contribution in [0.3, 0.4) is 0 Å². The van der Waals surface area contributed by atoms with Gasteiger partial charge in [-0.25, -0.2) is 0 Å². The van der Waals surface area contributed by atoms with Gasteiger partial charge in [-0.1, -0.05) is 12.8 Å². The number of thiol groups is 4. The van der Waals surface area contributed by atoms with E-state index in [1.54, 1.807) is 10.5 Å². The van der Waals surface area contributed by atoms with Crippen molar-refractivity contribution >= 4 is 50.7 Å². The Bertz CT molecular complexity index is 196. The zero-order chi connectivity index (χ0) is 7.78. The van der Waals surface area contributed by atoms with Crippen LogP contribution in [0.4, 0.5) is 0 Å². The molecule has 0 saturated heterocycles. The third kappa shape index (κ3) is 1.47. The predicted octanol–water partition coefficient (Wildman–Crippen LogP) is 1.99. The molecule has 0 spiro atoms. The Morgan fingerprint density at radius 2 is 2.00 bits per heavy atom. The van der Waals surface area contributed by atoms with Crippen molar-refractivity contribution in [2.45, 2.75) is 4.20 Å². The van der Waals surface area contributed by atoms with Gasteiger partial charge in [0.05, 0.1) is 0 Å². The van der Waals surface area contributed by atoms with E-state index >= 15 is 0 Å². The fourth-order valence-electron chi connectivity index (χ4n) is 0.549. The molecule has 0 aromatic heterocycles. The molecule has 0 radical (unpaired) electrons. The summed E-state index contributed by atoms with van der Waals surface area (Å²) >= 11 is 16.7. The molecule has 0 atom stereocenters. The first-order chi connectivity index (χ1) is 4.55. The van der Waals surface area contributed by atoms with Crippen molar-refractivity contribution in [1.29, 1.82) is 0 Å². The van der Waals surface area contributed by atoms with E-state index in [-0.39, 0.29) is 0 Å². The maximum Gasteiger partial charge on any atom is 0.168 e. The topological polar surface area (TPSA) is 3.24 Å². The van der Waals surface area contributed by atoms with Gasteiger partial charge in [-0.2, -0.15) is 0 Å². The Labute approximate surface area is 82.3 Å². The Morgan fingerprint density at radius 3 is 2.40 bits per heavy atom. The van der Waals surface area contributed by atoms with E-state index in [1.807, 2.05) is 12.2 Å². The van der Waals surface area contributed by atoms with Gasteiger partial charge in [0.2, 0.25) is 0 Å². The molecule has 1 aliphatic heterocycles. The molecule has 1 rings (SSSR count). The highest BCUT2D eigenvalue weighted by Gasteiger charge is 2.29. The summed E-state index contributed by atoms with van der Waals surface area (Å²) in [5.41, 5.74) is 0. The number of rotatable bonds is 0. The second-order valence-electron chi connectivity index (χ2n) is 1.87. The van der Waals surface area contributed by atoms with Crippen LogP contribution >= 0.6 is 50.7 Å². The monoisotopic (exact) mass is 209 g/mol. The van der Waals surface area contributed by atoms with Crippen molar-refractivity contribution in [1.82, 2.24) is 4.31 Å². The van der Waals surface area contributed by atoms with Crippen LogP contribution in [0.2, 0.25) is 0 Å². The van der Waals surface area contributed by atoms with Gasteiger partial charge >= 0.3 is 0 Å². The van der Waals surface area contributed by atoms with E-state index in [1.165, 1.54) is 0 Å². The fourth-order valence-corrected chi connectivity index (χ4v) is 1.29. The summed E-state index contributed by atoms with van der Waals surface area (Å²) in [6.45, 7) is 0. The summed E-state index contributed by atoms with van der Waals surface area (Å²) in [5, 5.41) is 0. The highest BCUT2D eigenvalue weighted by Crippen LogP contribution is 2.38. The molecule has 0 aromatic rings. The molecule has 0 N–H and O–H groups in total. The van der Waals surface area contributed by atoms with E-state index in [0.717, 1.165) is 4.91 Å². The van der Waals surface area contributed by atoms with Gasteiger partial charge in [0.25, 0.3) is 0 Å². The van der Waals surface area contributed by atoms with Crippen molar-refractivity contribution in [2.24, 2.45) is 0 Å². The molecule has 1 heterocycles. The minimum absolute atomic E-state index is 0.680. The molecule has 0 aromatic carbocycles. The summed E-state index contributed by atoms with van der Waals surface area (Å²) in [4.78, 5) is 0.761. The standard InChI is InChI=1S/C5H7NS4/c7-4-2-1-3-6(10)5(4,8)9/h1-3,7-10H. The van der Waals surface area contributed by atoms with Crippen molar-refractivity contribution in [3.05, 3.63) is 23.3 Å². The lowest BCUT2D eigenvalue weighted by Gasteiger charge is -2.33. The Morgan fingerprint density at radius 1 is 1.40 bits per heavy atom. The van der Waals surface area contributed by atoms with Gasteiger partial charge in [0, 0.05) is 11.1 Å². The molecule has 1 aliphatic rings. The van der Waals surface area contributed by atoms with Crippen LogP contribution in [0, 0.1) is 0 Å². The molecular formula is C5H7NS4. The highest BCUT2D eigenvalue weighted by atomic mass is 32.2. The van der Waals surface area contributed by atoms with Crippen molar-refractivity contribution in [3.63, 3.8) is 0 Å². The maximum absolute atomic E-state index is 4.23. The molecule has 0 bridgehead atoms. The smallest absolute Gasteiger partial charge is 0.168 e. The van der Waals surface area contributed by atoms with Gasteiger partial charge in [-0.15, -0.1) is 37.9 Å². The maximum atomic E-state index is 4.23. The largest absolute Gasteiger partial charge is 0.296 e. The SMILES string of the molecule is SC1=CC=CN(S)C1(S)S. The molecule has 56 valence electrons. The van der Waals surface area contributed by atoms with Crippen molar-refractivity contribution < 1.29 is 0 Å². The first kappa shape index (κ1) is 8.77. The number of nitrogens with zero attached hydrogens (tertiary/aromatic N) is 1. The first-order valence-electron chi connectivity index (χ1n) is 2.56. The van der Waals surface area contributed by atoms with Crippen LogP contribution in [0.15, 0.2) is 23.3 Å². The molecule has 5 heteroatoms. The molecule has 0 aliphatic carbocycles. The van der Waals surface area contributed by atoms with Crippen LogP contribution in [0.1, 0.15) is 0 Å². The number of hydrogen-bond donors (Lipinski definition) is 4. The minimum Gasteiger partial charge on any atom is -0.296 e. The number of hydrogen-bond acceptors (Lipinski definition) is 5. The zero-order valence-corrected chi connectivity index (χ0v) is 8.55. The Hall–Kier alpha value is 0.680. The van der Waals surface area contributed by atoms with Crippen LogP contribution in [0.25, 0.3) is 0 Å². The van der Waals surface area contributed by atoms with Gasteiger partial charge in [0.1, 0.15) is 0 Å². The van der Waals surface area contributed by atoms with Gasteiger partial charge in [0.15, 0.2) is 4.20 Å². The van der Waals surface area contributed by atoms with E-state index in [9.17, 15) is 0 Å². The Kier molecular flexibility index (Phi) is 2.60. The van der Waals surface area contributed by atoms with Crippen LogP contribution in [-0.2, 0) is 0 Å². The zero-order valence-electron chi connectivity index (χ0n) is 4.97. The molecule has 0 amide bonds. The van der Waals surface area contributed by atoms with Gasteiger partial charge in [-0.05, 0) is 12.2 Å². The lowest BCUT2D eigenvalue weighted by atomic mass is 10.4. The van der Waals surface area contributed by atoms with E-state index in [0.29, 0.717) is 0 Å². The fraction of sp³-hybridized carbons (Fsp3) is 0.200. The predicted molar refractivity (Wildman–Crippen MR) is 57.7 cm³/mol. The lowest BCUT2D eigenvalue weighted by molar-refractivity contribution is 0.617. The first-order valence-corrected chi connectivity index (χ1v) is 4.30. The quantitative estimate of drug-likeness (QED) is 0.351. The third-order valence-electron chi connectivity index (χ3n) is 1.14. The van der Waals surface area contributed by atoms with Crippen LogP contribution < -0.4 is 0 Å². The molecule has 10 heavy (non-hydrogen) atoms. The van der Waals surface area contributed by atoms with E-state index in [2.05, 4.69) is 50.7 Å². The van der Waals surface area contributed by atoms with E-state index in [4.69, 9.17) is 0 Å². The second-order valence-corrected chi connectivity index (χ2v) is 4.43. The lowest BCUT2D eigenvalue weighted by Crippen LogP contribution is -2.30. The van der Waals surface area contributed by atoms with Gasteiger partial charge in [-0.3, -0.25) is 4.31 Å². The molecule has 0 fully saturated rings. The average Bonchev–Trinajstić information content (AvgIpc) is 1.84. The number of allylic oxidation sites excluding steroid dienone is 2. The molecule has 0 saturated carbocycles. The second kappa shape index (κ2) is 2.97. The average molecular weight is 209 g/mol. The summed E-state index contributed by atoms with van der Waals surface area (Å²) in [6, 6.07) is 0. The summed E-state index contributed by atoms with van der Waals surface area (Å²) < 4.78 is 0.891. The normalized spacial score (nSPS) is 22.8. The molecular weight excluding hydrogens is 202 g/mol. The van der Waals surface area contributed by atoms with Crippen molar-refractivity contribution in [3.8, 4) is 0 Å². The highest BCUT2D eigenvalue weighted by molar-refractivity contribution is 8.03. The molecule has 0 unspecified atom stereocenters. The summed E-state index contributed by atoms with van der Waals surface area (Å²) in [5.74, 6) is 0. The summed E-state index contributed by atoms with van der Waals surface area (Å²) in [6.07, 6.45) is 5.43. The Balaban J connectivity index is 2.93. The van der Waals surface area contributed by atoms with Crippen LogP contribution in [-0.4, -0.2) is 8.51 Å².